The highest BCUT2D eigenvalue weighted by Crippen LogP contribution is 2.33. The molecule has 1 aliphatic heterocycles. The van der Waals surface area contributed by atoms with Gasteiger partial charge < -0.3 is 0 Å². The molecule has 84 valence electrons. The first kappa shape index (κ1) is 11.8. The first-order valence-electron chi connectivity index (χ1n) is 4.93. The number of nitrogens with zero attached hydrogens (tertiary/aromatic N) is 1. The van der Waals surface area contributed by atoms with Crippen molar-refractivity contribution in [2.45, 2.75) is 13.8 Å². The Morgan fingerprint density at radius 2 is 2.25 bits per heavy atom. The van der Waals surface area contributed by atoms with Gasteiger partial charge in [-0.1, -0.05) is 24.0 Å². The van der Waals surface area contributed by atoms with E-state index in [0.29, 0.717) is 10.9 Å². The predicted octanol–water partition coefficient (Wildman–Crippen LogP) is 3.28. The van der Waals surface area contributed by atoms with E-state index in [1.165, 1.54) is 16.6 Å². The highest BCUT2D eigenvalue weighted by Gasteiger charge is 2.30. The maximum absolute atomic E-state index is 11.9. The summed E-state index contributed by atoms with van der Waals surface area (Å²) < 4.78 is 0.659. The molecule has 0 radical (unpaired) electrons. The molecule has 1 saturated heterocycles. The van der Waals surface area contributed by atoms with E-state index < -0.39 is 0 Å². The van der Waals surface area contributed by atoms with Gasteiger partial charge in [-0.2, -0.15) is 0 Å². The number of carbonyl (C=O) groups is 1. The number of carbonyl (C=O) groups excluding carboxylic acids is 1. The number of rotatable bonds is 2. The topological polar surface area (TPSA) is 20.3 Å². The zero-order chi connectivity index (χ0) is 11.7. The minimum atomic E-state index is 0.0311. The van der Waals surface area contributed by atoms with Crippen molar-refractivity contribution in [1.82, 2.24) is 4.90 Å². The van der Waals surface area contributed by atoms with Crippen molar-refractivity contribution in [3.63, 3.8) is 0 Å². The highest BCUT2D eigenvalue weighted by atomic mass is 32.2. The van der Waals surface area contributed by atoms with E-state index in [9.17, 15) is 4.79 Å². The monoisotopic (exact) mass is 269 g/mol. The highest BCUT2D eigenvalue weighted by molar-refractivity contribution is 8.26. The summed E-state index contributed by atoms with van der Waals surface area (Å²) in [4.78, 5) is 16.6. The molecule has 0 aromatic carbocycles. The molecule has 0 aliphatic carbocycles. The Hall–Kier alpha value is -0.650. The van der Waals surface area contributed by atoms with Gasteiger partial charge in [-0.25, -0.2) is 0 Å². The second kappa shape index (κ2) is 4.69. The van der Waals surface area contributed by atoms with Crippen molar-refractivity contribution in [1.29, 1.82) is 0 Å². The van der Waals surface area contributed by atoms with Crippen LogP contribution in [-0.2, 0) is 4.79 Å². The minimum absolute atomic E-state index is 0.0311. The molecule has 5 heteroatoms. The van der Waals surface area contributed by atoms with Gasteiger partial charge in [-0.05, 0) is 32.1 Å². The normalized spacial score (nSPS) is 18.9. The number of aryl methyl sites for hydroxylation is 1. The number of thioether (sulfide) groups is 1. The lowest BCUT2D eigenvalue weighted by Crippen LogP contribution is -2.27. The zero-order valence-corrected chi connectivity index (χ0v) is 11.5. The van der Waals surface area contributed by atoms with Crippen molar-refractivity contribution in [3.8, 4) is 0 Å². The van der Waals surface area contributed by atoms with E-state index >= 15 is 0 Å². The van der Waals surface area contributed by atoms with Crippen LogP contribution in [0.1, 0.15) is 16.7 Å². The van der Waals surface area contributed by atoms with Crippen LogP contribution in [0, 0.1) is 6.92 Å². The summed E-state index contributed by atoms with van der Waals surface area (Å²) in [6.45, 7) is 4.63. The summed E-state index contributed by atoms with van der Waals surface area (Å²) in [7, 11) is 0. The van der Waals surface area contributed by atoms with Gasteiger partial charge in [0.15, 0.2) is 0 Å². The third-order valence-electron chi connectivity index (χ3n) is 2.22. The van der Waals surface area contributed by atoms with Crippen molar-refractivity contribution >= 4 is 51.6 Å². The summed E-state index contributed by atoms with van der Waals surface area (Å²) in [5.41, 5.74) is 0. The molecule has 2 nitrogen and oxygen atoms in total. The van der Waals surface area contributed by atoms with Crippen molar-refractivity contribution < 1.29 is 4.79 Å². The van der Waals surface area contributed by atoms with Crippen LogP contribution in [0.15, 0.2) is 17.0 Å². The second-order valence-electron chi connectivity index (χ2n) is 3.37. The third kappa shape index (κ3) is 2.21. The zero-order valence-electron chi connectivity index (χ0n) is 9.02. The lowest BCUT2D eigenvalue weighted by molar-refractivity contribution is -0.121. The van der Waals surface area contributed by atoms with Crippen LogP contribution in [0.5, 0.6) is 0 Å². The van der Waals surface area contributed by atoms with E-state index in [-0.39, 0.29) is 5.91 Å². The average molecular weight is 269 g/mol. The second-order valence-corrected chi connectivity index (χ2v) is 6.37. The fourth-order valence-electron chi connectivity index (χ4n) is 1.43. The molecule has 0 bridgehead atoms. The molecule has 1 amide bonds. The summed E-state index contributed by atoms with van der Waals surface area (Å²) in [6, 6.07) is 4.08. The van der Waals surface area contributed by atoms with Crippen LogP contribution < -0.4 is 0 Å². The molecule has 0 unspecified atom stereocenters. The molecule has 2 rings (SSSR count). The standard InChI is InChI=1S/C11H11NOS3/c1-3-12-10(13)9(16-11(12)14)6-8-5-4-7(2)15-8/h4-6H,3H2,1-2H3/b9-6+. The Kier molecular flexibility index (Phi) is 3.47. The molecule has 0 N–H and O–H groups in total. The summed E-state index contributed by atoms with van der Waals surface area (Å²) >= 11 is 8.21. The van der Waals surface area contributed by atoms with E-state index in [1.807, 2.05) is 19.1 Å². The van der Waals surface area contributed by atoms with Gasteiger partial charge in [-0.15, -0.1) is 11.3 Å². The minimum Gasteiger partial charge on any atom is -0.293 e. The maximum atomic E-state index is 11.9. The van der Waals surface area contributed by atoms with Crippen LogP contribution in [0.25, 0.3) is 6.08 Å². The summed E-state index contributed by atoms with van der Waals surface area (Å²) in [6.07, 6.45) is 1.92. The Labute approximate surface area is 108 Å². The molecule has 1 aliphatic rings. The van der Waals surface area contributed by atoms with Gasteiger partial charge in [0.2, 0.25) is 0 Å². The molecule has 0 spiro atoms. The summed E-state index contributed by atoms with van der Waals surface area (Å²) in [5, 5.41) is 0. The Balaban J connectivity index is 2.27. The molecule has 0 atom stereocenters. The lowest BCUT2D eigenvalue weighted by atomic mass is 10.3. The largest absolute Gasteiger partial charge is 0.293 e. The predicted molar refractivity (Wildman–Crippen MR) is 74.6 cm³/mol. The molecule has 1 fully saturated rings. The van der Waals surface area contributed by atoms with Gasteiger partial charge in [0, 0.05) is 16.3 Å². The average Bonchev–Trinajstić information content (AvgIpc) is 2.74. The first-order chi connectivity index (χ1) is 7.61. The van der Waals surface area contributed by atoms with Gasteiger partial charge in [-0.3, -0.25) is 9.69 Å². The summed E-state index contributed by atoms with van der Waals surface area (Å²) in [5.74, 6) is 0.0311. The quantitative estimate of drug-likeness (QED) is 0.607. The third-order valence-corrected chi connectivity index (χ3v) is 4.55. The van der Waals surface area contributed by atoms with E-state index in [2.05, 4.69) is 13.0 Å². The Morgan fingerprint density at radius 3 is 2.75 bits per heavy atom. The van der Waals surface area contributed by atoms with Gasteiger partial charge >= 0.3 is 0 Å². The molecule has 1 aromatic heterocycles. The van der Waals surface area contributed by atoms with Crippen molar-refractivity contribution in [2.75, 3.05) is 6.54 Å². The number of hydrogen-bond acceptors (Lipinski definition) is 4. The molecule has 16 heavy (non-hydrogen) atoms. The molecule has 2 heterocycles. The van der Waals surface area contributed by atoms with Crippen LogP contribution in [0.4, 0.5) is 0 Å². The number of thiophene rings is 1. The van der Waals surface area contributed by atoms with Gasteiger partial charge in [0.05, 0.1) is 4.91 Å². The smallest absolute Gasteiger partial charge is 0.266 e. The SMILES string of the molecule is CCN1C(=O)/C(=C\c2ccc(C)s2)SC1=S. The van der Waals surface area contributed by atoms with Crippen molar-refractivity contribution in [2.24, 2.45) is 0 Å². The Bertz CT molecular complexity index is 475. The van der Waals surface area contributed by atoms with E-state index in [0.717, 1.165) is 9.78 Å². The fraction of sp³-hybridized carbons (Fsp3) is 0.273. The molecular formula is C11H11NOS3. The molecule has 0 saturated carbocycles. The number of hydrogen-bond donors (Lipinski definition) is 0. The van der Waals surface area contributed by atoms with Gasteiger partial charge in [0.25, 0.3) is 5.91 Å². The van der Waals surface area contributed by atoms with Crippen molar-refractivity contribution in [3.05, 3.63) is 26.8 Å². The number of thiocarbonyl (C=S) groups is 1. The maximum Gasteiger partial charge on any atom is 0.266 e. The van der Waals surface area contributed by atoms with Crippen LogP contribution >= 0.6 is 35.3 Å². The van der Waals surface area contributed by atoms with Crippen LogP contribution in [-0.4, -0.2) is 21.7 Å². The molecular weight excluding hydrogens is 258 g/mol. The number of amides is 1. The Morgan fingerprint density at radius 1 is 1.50 bits per heavy atom. The number of likely N-dealkylation sites (N-methyl/N-ethyl adjacent to an activating group) is 1. The van der Waals surface area contributed by atoms with Crippen LogP contribution in [0.2, 0.25) is 0 Å². The molecule has 1 aromatic rings. The van der Waals surface area contributed by atoms with Crippen LogP contribution in [0.3, 0.4) is 0 Å². The first-order valence-corrected chi connectivity index (χ1v) is 6.97. The van der Waals surface area contributed by atoms with Gasteiger partial charge in [0.1, 0.15) is 4.32 Å². The van der Waals surface area contributed by atoms with E-state index in [4.69, 9.17) is 12.2 Å². The lowest BCUT2D eigenvalue weighted by Gasteiger charge is -2.09. The van der Waals surface area contributed by atoms with E-state index in [1.54, 1.807) is 16.2 Å². The fourth-order valence-corrected chi connectivity index (χ4v) is 3.70.